The molecule has 2 fully saturated rings. The van der Waals surface area contributed by atoms with Crippen LogP contribution >= 0.6 is 0 Å². The maximum Gasteiger partial charge on any atom is 0.311 e. The Bertz CT molecular complexity index is 348. The van der Waals surface area contributed by atoms with Gasteiger partial charge in [0.1, 0.15) is 5.60 Å². The van der Waals surface area contributed by atoms with Crippen molar-refractivity contribution < 1.29 is 19.0 Å². The summed E-state index contributed by atoms with van der Waals surface area (Å²) in [5.41, 5.74) is -0.448. The van der Waals surface area contributed by atoms with E-state index < -0.39 is 11.4 Å². The Kier molecular flexibility index (Phi) is 3.91. The molecular formula is C14H25NO4. The average Bonchev–Trinajstić information content (AvgIpc) is 2.80. The Morgan fingerprint density at radius 3 is 2.53 bits per heavy atom. The van der Waals surface area contributed by atoms with Crippen molar-refractivity contribution in [3.8, 4) is 0 Å². The molecule has 0 aliphatic carbocycles. The number of esters is 1. The van der Waals surface area contributed by atoms with Crippen LogP contribution in [0.1, 0.15) is 34.6 Å². The number of hydrogen-bond acceptors (Lipinski definition) is 5. The van der Waals surface area contributed by atoms with Gasteiger partial charge < -0.3 is 19.5 Å². The van der Waals surface area contributed by atoms with Crippen LogP contribution in [0.3, 0.4) is 0 Å². The number of ether oxygens (including phenoxy) is 3. The SMILES string of the molecule is CC(C)(C)OC(=O)C1CNCC1C1COC(C)(C)O1. The van der Waals surface area contributed by atoms with Crippen LogP contribution in [-0.2, 0) is 19.0 Å². The van der Waals surface area contributed by atoms with E-state index in [0.29, 0.717) is 13.2 Å². The first-order chi connectivity index (χ1) is 8.68. The van der Waals surface area contributed by atoms with E-state index in [0.717, 1.165) is 6.54 Å². The monoisotopic (exact) mass is 271 g/mol. The van der Waals surface area contributed by atoms with Crippen molar-refractivity contribution in [2.75, 3.05) is 19.7 Å². The summed E-state index contributed by atoms with van der Waals surface area (Å²) in [7, 11) is 0. The summed E-state index contributed by atoms with van der Waals surface area (Å²) >= 11 is 0. The molecule has 0 aromatic rings. The van der Waals surface area contributed by atoms with Gasteiger partial charge in [-0.3, -0.25) is 4.79 Å². The van der Waals surface area contributed by atoms with Crippen LogP contribution in [0.25, 0.3) is 0 Å². The highest BCUT2D eigenvalue weighted by Gasteiger charge is 2.45. The van der Waals surface area contributed by atoms with Gasteiger partial charge in [-0.15, -0.1) is 0 Å². The second kappa shape index (κ2) is 5.04. The van der Waals surface area contributed by atoms with Crippen molar-refractivity contribution in [2.24, 2.45) is 11.8 Å². The lowest BCUT2D eigenvalue weighted by Crippen LogP contribution is -2.38. The minimum Gasteiger partial charge on any atom is -0.460 e. The van der Waals surface area contributed by atoms with Gasteiger partial charge in [0.05, 0.1) is 18.6 Å². The highest BCUT2D eigenvalue weighted by Crippen LogP contribution is 2.33. The van der Waals surface area contributed by atoms with Gasteiger partial charge in [-0.05, 0) is 34.6 Å². The minimum absolute atomic E-state index is 0.0393. The Labute approximate surface area is 115 Å². The molecule has 5 heteroatoms. The van der Waals surface area contributed by atoms with Gasteiger partial charge in [0.2, 0.25) is 0 Å². The summed E-state index contributed by atoms with van der Waals surface area (Å²) in [5.74, 6) is -0.722. The fourth-order valence-electron chi connectivity index (χ4n) is 2.65. The van der Waals surface area contributed by atoms with Crippen LogP contribution in [0, 0.1) is 11.8 Å². The van der Waals surface area contributed by atoms with Crippen molar-refractivity contribution >= 4 is 5.97 Å². The zero-order chi connectivity index (χ0) is 14.3. The van der Waals surface area contributed by atoms with E-state index in [1.54, 1.807) is 0 Å². The van der Waals surface area contributed by atoms with Gasteiger partial charge in [0.15, 0.2) is 5.79 Å². The Morgan fingerprint density at radius 2 is 2.00 bits per heavy atom. The van der Waals surface area contributed by atoms with E-state index in [2.05, 4.69) is 5.32 Å². The highest BCUT2D eigenvalue weighted by molar-refractivity contribution is 5.74. The quantitative estimate of drug-likeness (QED) is 0.768. The second-order valence-electron chi connectivity index (χ2n) is 6.83. The molecule has 2 aliphatic heterocycles. The third kappa shape index (κ3) is 3.68. The zero-order valence-electron chi connectivity index (χ0n) is 12.5. The van der Waals surface area contributed by atoms with Crippen molar-refractivity contribution in [3.63, 3.8) is 0 Å². The third-order valence-electron chi connectivity index (χ3n) is 3.48. The molecule has 2 heterocycles. The van der Waals surface area contributed by atoms with Crippen molar-refractivity contribution in [1.82, 2.24) is 5.32 Å². The molecule has 0 saturated carbocycles. The number of carbonyl (C=O) groups is 1. The van der Waals surface area contributed by atoms with Gasteiger partial charge in [-0.25, -0.2) is 0 Å². The summed E-state index contributed by atoms with van der Waals surface area (Å²) in [6.45, 7) is 11.4. The van der Waals surface area contributed by atoms with E-state index in [4.69, 9.17) is 14.2 Å². The lowest BCUT2D eigenvalue weighted by Gasteiger charge is -2.27. The maximum absolute atomic E-state index is 12.2. The Balaban J connectivity index is 1.99. The lowest BCUT2D eigenvalue weighted by molar-refractivity contribution is -0.166. The van der Waals surface area contributed by atoms with E-state index in [9.17, 15) is 4.79 Å². The third-order valence-corrected chi connectivity index (χ3v) is 3.48. The fourth-order valence-corrected chi connectivity index (χ4v) is 2.65. The molecule has 0 aromatic carbocycles. The number of hydrogen-bond donors (Lipinski definition) is 1. The summed E-state index contributed by atoms with van der Waals surface area (Å²) < 4.78 is 17.0. The fraction of sp³-hybridized carbons (Fsp3) is 0.929. The summed E-state index contributed by atoms with van der Waals surface area (Å²) in [5, 5.41) is 3.26. The predicted molar refractivity (Wildman–Crippen MR) is 70.6 cm³/mol. The van der Waals surface area contributed by atoms with E-state index in [-0.39, 0.29) is 23.9 Å². The summed E-state index contributed by atoms with van der Waals surface area (Å²) in [4.78, 5) is 12.2. The topological polar surface area (TPSA) is 56.8 Å². The van der Waals surface area contributed by atoms with Gasteiger partial charge in [0, 0.05) is 19.0 Å². The van der Waals surface area contributed by atoms with Crippen LogP contribution in [0.4, 0.5) is 0 Å². The Morgan fingerprint density at radius 1 is 1.32 bits per heavy atom. The van der Waals surface area contributed by atoms with Crippen LogP contribution in [-0.4, -0.2) is 43.2 Å². The molecule has 2 saturated heterocycles. The number of nitrogens with one attached hydrogen (secondary N) is 1. The second-order valence-corrected chi connectivity index (χ2v) is 6.83. The first-order valence-electron chi connectivity index (χ1n) is 6.93. The summed E-state index contributed by atoms with van der Waals surface area (Å²) in [6.07, 6.45) is -0.0393. The predicted octanol–water partition coefficient (Wildman–Crippen LogP) is 1.32. The van der Waals surface area contributed by atoms with Crippen molar-refractivity contribution in [1.29, 1.82) is 0 Å². The van der Waals surface area contributed by atoms with E-state index in [1.807, 2.05) is 34.6 Å². The van der Waals surface area contributed by atoms with Gasteiger partial charge in [-0.2, -0.15) is 0 Å². The van der Waals surface area contributed by atoms with Crippen molar-refractivity contribution in [3.05, 3.63) is 0 Å². The lowest BCUT2D eigenvalue weighted by atomic mass is 9.91. The zero-order valence-corrected chi connectivity index (χ0v) is 12.5. The molecule has 1 N–H and O–H groups in total. The molecule has 0 spiro atoms. The molecule has 19 heavy (non-hydrogen) atoms. The molecule has 3 atom stereocenters. The minimum atomic E-state index is -0.550. The van der Waals surface area contributed by atoms with Gasteiger partial charge in [0.25, 0.3) is 0 Å². The van der Waals surface area contributed by atoms with Gasteiger partial charge in [-0.1, -0.05) is 0 Å². The molecule has 3 unspecified atom stereocenters. The molecule has 0 radical (unpaired) electrons. The standard InChI is InChI=1S/C14H25NO4/c1-13(2,3)19-12(16)10-7-15-6-9(10)11-8-17-14(4,5)18-11/h9-11,15H,6-8H2,1-5H3. The van der Waals surface area contributed by atoms with Crippen LogP contribution < -0.4 is 5.32 Å². The van der Waals surface area contributed by atoms with E-state index in [1.165, 1.54) is 0 Å². The maximum atomic E-state index is 12.2. The summed E-state index contributed by atoms with van der Waals surface area (Å²) in [6, 6.07) is 0. The molecule has 0 amide bonds. The van der Waals surface area contributed by atoms with Crippen LogP contribution in [0.2, 0.25) is 0 Å². The molecular weight excluding hydrogens is 246 g/mol. The molecule has 0 aromatic heterocycles. The number of rotatable bonds is 2. The Hall–Kier alpha value is -0.650. The molecule has 2 rings (SSSR count). The normalized spacial score (nSPS) is 34.5. The average molecular weight is 271 g/mol. The van der Waals surface area contributed by atoms with Crippen LogP contribution in [0.15, 0.2) is 0 Å². The van der Waals surface area contributed by atoms with Gasteiger partial charge >= 0.3 is 5.97 Å². The molecule has 5 nitrogen and oxygen atoms in total. The molecule has 110 valence electrons. The highest BCUT2D eigenvalue weighted by atomic mass is 16.7. The van der Waals surface area contributed by atoms with E-state index >= 15 is 0 Å². The molecule has 2 aliphatic rings. The molecule has 0 bridgehead atoms. The first-order valence-corrected chi connectivity index (χ1v) is 6.93. The largest absolute Gasteiger partial charge is 0.460 e. The van der Waals surface area contributed by atoms with Crippen molar-refractivity contribution in [2.45, 2.75) is 52.1 Å². The van der Waals surface area contributed by atoms with Crippen LogP contribution in [0.5, 0.6) is 0 Å². The number of carbonyl (C=O) groups excluding carboxylic acids is 1. The smallest absolute Gasteiger partial charge is 0.311 e. The first kappa shape index (κ1) is 14.8.